The molecule has 0 saturated carbocycles. The maximum atomic E-state index is 4.89. The SMILES string of the molecule is Cc1ccc(Nc2cc3nc(-c4ncccc4C)sc3cn2)nc1CN1CCC[C@@H]1C. The second kappa shape index (κ2) is 8.32. The highest BCUT2D eigenvalue weighted by Crippen LogP contribution is 2.31. The van der Waals surface area contributed by atoms with Gasteiger partial charge in [0.2, 0.25) is 0 Å². The maximum Gasteiger partial charge on any atom is 0.143 e. The molecule has 1 saturated heterocycles. The van der Waals surface area contributed by atoms with Crippen molar-refractivity contribution in [3.63, 3.8) is 0 Å². The van der Waals surface area contributed by atoms with E-state index < -0.39 is 0 Å². The van der Waals surface area contributed by atoms with E-state index in [4.69, 9.17) is 9.97 Å². The lowest BCUT2D eigenvalue weighted by Gasteiger charge is -2.21. The molecule has 1 aliphatic rings. The zero-order valence-electron chi connectivity index (χ0n) is 18.1. The fourth-order valence-corrected chi connectivity index (χ4v) is 5.04. The van der Waals surface area contributed by atoms with Crippen molar-refractivity contribution in [2.75, 3.05) is 11.9 Å². The van der Waals surface area contributed by atoms with Crippen LogP contribution in [0, 0.1) is 13.8 Å². The molecular weight excluding hydrogens is 404 g/mol. The van der Waals surface area contributed by atoms with Crippen LogP contribution in [0.3, 0.4) is 0 Å². The molecule has 0 bridgehead atoms. The third-order valence-corrected chi connectivity index (χ3v) is 7.00. The lowest BCUT2D eigenvalue weighted by atomic mass is 10.2. The minimum Gasteiger partial charge on any atom is -0.325 e. The molecule has 4 aromatic rings. The lowest BCUT2D eigenvalue weighted by Crippen LogP contribution is -2.27. The Kier molecular flexibility index (Phi) is 5.38. The lowest BCUT2D eigenvalue weighted by molar-refractivity contribution is 0.257. The van der Waals surface area contributed by atoms with Crippen LogP contribution in [0.5, 0.6) is 0 Å². The first-order valence-corrected chi connectivity index (χ1v) is 11.5. The van der Waals surface area contributed by atoms with E-state index in [-0.39, 0.29) is 0 Å². The van der Waals surface area contributed by atoms with E-state index in [0.29, 0.717) is 6.04 Å². The van der Waals surface area contributed by atoms with Gasteiger partial charge in [-0.3, -0.25) is 9.88 Å². The Labute approximate surface area is 186 Å². The van der Waals surface area contributed by atoms with E-state index in [1.54, 1.807) is 11.3 Å². The molecule has 4 aromatic heterocycles. The molecule has 0 unspecified atom stereocenters. The average molecular weight is 431 g/mol. The first-order valence-electron chi connectivity index (χ1n) is 10.7. The zero-order chi connectivity index (χ0) is 21.4. The van der Waals surface area contributed by atoms with Gasteiger partial charge in [-0.15, -0.1) is 11.3 Å². The number of likely N-dealkylation sites (tertiary alicyclic amines) is 1. The Bertz CT molecular complexity index is 1230. The molecule has 0 aromatic carbocycles. The van der Waals surface area contributed by atoms with Gasteiger partial charge in [0.25, 0.3) is 0 Å². The summed E-state index contributed by atoms with van der Waals surface area (Å²) in [6.45, 7) is 8.54. The maximum absolute atomic E-state index is 4.89. The van der Waals surface area contributed by atoms with E-state index in [1.165, 1.54) is 18.4 Å². The Balaban J connectivity index is 1.39. The van der Waals surface area contributed by atoms with Crippen LogP contribution in [-0.2, 0) is 6.54 Å². The number of hydrogen-bond acceptors (Lipinski definition) is 7. The molecule has 0 aliphatic carbocycles. The van der Waals surface area contributed by atoms with Crippen LogP contribution in [0.4, 0.5) is 11.6 Å². The summed E-state index contributed by atoms with van der Waals surface area (Å²) in [7, 11) is 0. The molecule has 6 nitrogen and oxygen atoms in total. The van der Waals surface area contributed by atoms with Crippen molar-refractivity contribution >= 4 is 33.2 Å². The first kappa shape index (κ1) is 20.0. The number of hydrogen-bond donors (Lipinski definition) is 1. The van der Waals surface area contributed by atoms with Crippen LogP contribution >= 0.6 is 11.3 Å². The predicted octanol–water partition coefficient (Wildman–Crippen LogP) is 5.49. The molecule has 1 N–H and O–H groups in total. The van der Waals surface area contributed by atoms with E-state index >= 15 is 0 Å². The number of nitrogens with one attached hydrogen (secondary N) is 1. The highest BCUT2D eigenvalue weighted by atomic mass is 32.1. The molecule has 5 rings (SSSR count). The number of aryl methyl sites for hydroxylation is 2. The van der Waals surface area contributed by atoms with E-state index in [0.717, 1.165) is 56.9 Å². The number of fused-ring (bicyclic) bond motifs is 1. The molecule has 0 spiro atoms. The molecule has 31 heavy (non-hydrogen) atoms. The summed E-state index contributed by atoms with van der Waals surface area (Å²) in [6.07, 6.45) is 6.23. The number of thiazole rings is 1. The van der Waals surface area contributed by atoms with Gasteiger partial charge in [-0.1, -0.05) is 12.1 Å². The Hall–Kier alpha value is -2.90. The summed E-state index contributed by atoms with van der Waals surface area (Å²) in [5.74, 6) is 1.56. The summed E-state index contributed by atoms with van der Waals surface area (Å²) in [5.41, 5.74) is 5.32. The average Bonchev–Trinajstić information content (AvgIpc) is 3.36. The van der Waals surface area contributed by atoms with Crippen LogP contribution in [0.15, 0.2) is 42.7 Å². The van der Waals surface area contributed by atoms with Gasteiger partial charge in [0.05, 0.1) is 15.9 Å². The highest BCUT2D eigenvalue weighted by molar-refractivity contribution is 7.21. The smallest absolute Gasteiger partial charge is 0.143 e. The van der Waals surface area contributed by atoms with Crippen LogP contribution in [-0.4, -0.2) is 37.4 Å². The van der Waals surface area contributed by atoms with E-state index in [1.807, 2.05) is 30.6 Å². The monoisotopic (exact) mass is 430 g/mol. The van der Waals surface area contributed by atoms with E-state index in [2.05, 4.69) is 53.1 Å². The fraction of sp³-hybridized carbons (Fsp3) is 0.333. The Morgan fingerprint density at radius 2 is 2.00 bits per heavy atom. The third-order valence-electron chi connectivity index (χ3n) is 5.99. The normalized spacial score (nSPS) is 16.8. The topological polar surface area (TPSA) is 66.8 Å². The highest BCUT2D eigenvalue weighted by Gasteiger charge is 2.21. The standard InChI is InChI=1S/C24H26N6S/c1-15-8-9-21(27-19(15)14-30-11-5-7-17(30)3)29-22-12-18-20(13-26-22)31-24(28-18)23-16(2)6-4-10-25-23/h4,6,8-10,12-13,17H,5,7,11,14H2,1-3H3,(H,26,27,29)/t17-/m0/s1. The van der Waals surface area contributed by atoms with Gasteiger partial charge in [0, 0.05) is 31.0 Å². The predicted molar refractivity (Wildman–Crippen MR) is 127 cm³/mol. The molecule has 0 radical (unpaired) electrons. The second-order valence-electron chi connectivity index (χ2n) is 8.27. The first-order chi connectivity index (χ1) is 15.1. The van der Waals surface area contributed by atoms with Gasteiger partial charge in [-0.25, -0.2) is 15.0 Å². The van der Waals surface area contributed by atoms with Crippen molar-refractivity contribution in [2.45, 2.75) is 46.2 Å². The van der Waals surface area contributed by atoms with Gasteiger partial charge in [0.1, 0.15) is 22.3 Å². The van der Waals surface area contributed by atoms with Crippen LogP contribution in [0.1, 0.15) is 36.6 Å². The van der Waals surface area contributed by atoms with Gasteiger partial charge in [0.15, 0.2) is 0 Å². The molecule has 158 valence electrons. The molecule has 0 amide bonds. The van der Waals surface area contributed by atoms with Crippen LogP contribution < -0.4 is 5.32 Å². The summed E-state index contributed by atoms with van der Waals surface area (Å²) >= 11 is 1.62. The molecular formula is C24H26N6S. The Morgan fingerprint density at radius 3 is 2.81 bits per heavy atom. The third kappa shape index (κ3) is 4.16. The number of rotatable bonds is 5. The summed E-state index contributed by atoms with van der Waals surface area (Å²) in [4.78, 5) is 21.3. The van der Waals surface area contributed by atoms with Crippen molar-refractivity contribution in [1.82, 2.24) is 24.8 Å². The van der Waals surface area contributed by atoms with Gasteiger partial charge in [-0.05, 0) is 63.4 Å². The molecule has 1 atom stereocenters. The summed E-state index contributed by atoms with van der Waals surface area (Å²) in [5, 5.41) is 4.29. The number of nitrogens with zero attached hydrogens (tertiary/aromatic N) is 5. The number of aromatic nitrogens is 4. The van der Waals surface area contributed by atoms with E-state index in [9.17, 15) is 0 Å². The minimum atomic E-state index is 0.628. The molecule has 1 aliphatic heterocycles. The largest absolute Gasteiger partial charge is 0.325 e. The van der Waals surface area contributed by atoms with Crippen molar-refractivity contribution in [3.8, 4) is 10.7 Å². The van der Waals surface area contributed by atoms with Gasteiger partial charge in [-0.2, -0.15) is 0 Å². The number of pyridine rings is 3. The Morgan fingerprint density at radius 1 is 1.10 bits per heavy atom. The quantitative estimate of drug-likeness (QED) is 0.451. The fourth-order valence-electron chi connectivity index (χ4n) is 4.07. The van der Waals surface area contributed by atoms with Crippen molar-refractivity contribution in [3.05, 3.63) is 59.5 Å². The van der Waals surface area contributed by atoms with Crippen LogP contribution in [0.25, 0.3) is 20.9 Å². The summed E-state index contributed by atoms with van der Waals surface area (Å²) < 4.78 is 1.05. The molecule has 5 heterocycles. The molecule has 7 heteroatoms. The van der Waals surface area contributed by atoms with Gasteiger partial charge >= 0.3 is 0 Å². The zero-order valence-corrected chi connectivity index (χ0v) is 18.9. The second-order valence-corrected chi connectivity index (χ2v) is 9.30. The summed E-state index contributed by atoms with van der Waals surface area (Å²) in [6, 6.07) is 10.8. The van der Waals surface area contributed by atoms with Crippen molar-refractivity contribution < 1.29 is 0 Å². The van der Waals surface area contributed by atoms with Crippen molar-refractivity contribution in [1.29, 1.82) is 0 Å². The van der Waals surface area contributed by atoms with Gasteiger partial charge < -0.3 is 5.32 Å². The van der Waals surface area contributed by atoms with Crippen LogP contribution in [0.2, 0.25) is 0 Å². The minimum absolute atomic E-state index is 0.628. The molecule has 1 fully saturated rings. The number of anilines is 2. The van der Waals surface area contributed by atoms with Crippen molar-refractivity contribution in [2.24, 2.45) is 0 Å².